The van der Waals surface area contributed by atoms with Crippen LogP contribution in [-0.2, 0) is 22.6 Å². The average molecular weight is 423 g/mol. The molecular weight excluding hydrogens is 388 g/mol. The molecule has 0 unspecified atom stereocenters. The van der Waals surface area contributed by atoms with E-state index in [1.165, 1.54) is 0 Å². The molecule has 5 nitrogen and oxygen atoms in total. The van der Waals surface area contributed by atoms with Gasteiger partial charge in [0.1, 0.15) is 5.75 Å². The van der Waals surface area contributed by atoms with Crippen molar-refractivity contribution in [3.63, 3.8) is 0 Å². The quantitative estimate of drug-likeness (QED) is 0.707. The van der Waals surface area contributed by atoms with Gasteiger partial charge in [-0.2, -0.15) is 0 Å². The number of carbonyl (C=O) groups excluding carboxylic acids is 2. The van der Waals surface area contributed by atoms with E-state index in [-0.39, 0.29) is 11.8 Å². The Hall–Kier alpha value is -2.82. The summed E-state index contributed by atoms with van der Waals surface area (Å²) in [7, 11) is 1.66. The van der Waals surface area contributed by atoms with Crippen molar-refractivity contribution in [3.05, 3.63) is 59.2 Å². The van der Waals surface area contributed by atoms with Crippen LogP contribution in [0.25, 0.3) is 0 Å². The molecule has 0 saturated carbocycles. The van der Waals surface area contributed by atoms with Gasteiger partial charge in [0, 0.05) is 32.2 Å². The first-order chi connectivity index (χ1) is 15.0. The number of methoxy groups -OCH3 is 1. The second kappa shape index (κ2) is 11.0. The minimum Gasteiger partial charge on any atom is -0.496 e. The first-order valence-electron chi connectivity index (χ1n) is 11.3. The van der Waals surface area contributed by atoms with Gasteiger partial charge in [-0.3, -0.25) is 9.59 Å². The van der Waals surface area contributed by atoms with Crippen molar-refractivity contribution in [3.8, 4) is 5.75 Å². The third-order valence-corrected chi connectivity index (χ3v) is 6.00. The summed E-state index contributed by atoms with van der Waals surface area (Å²) in [4.78, 5) is 29.5. The molecule has 0 saturated heterocycles. The van der Waals surface area contributed by atoms with E-state index in [0.29, 0.717) is 13.0 Å². The van der Waals surface area contributed by atoms with Crippen molar-refractivity contribution in [2.75, 3.05) is 25.1 Å². The summed E-state index contributed by atoms with van der Waals surface area (Å²) in [6.07, 6.45) is 5.72. The summed E-state index contributed by atoms with van der Waals surface area (Å²) in [5, 5.41) is 0. The molecule has 31 heavy (non-hydrogen) atoms. The Labute approximate surface area is 186 Å². The first-order valence-corrected chi connectivity index (χ1v) is 11.3. The lowest BCUT2D eigenvalue weighted by molar-refractivity contribution is -0.131. The maximum Gasteiger partial charge on any atom is 0.227 e. The fraction of sp³-hybridized carbons (Fsp3) is 0.462. The summed E-state index contributed by atoms with van der Waals surface area (Å²) in [6.45, 7) is 5.61. The number of nitrogens with zero attached hydrogens (tertiary/aromatic N) is 2. The van der Waals surface area contributed by atoms with E-state index in [1.807, 2.05) is 59.2 Å². The average Bonchev–Trinajstić information content (AvgIpc) is 2.74. The summed E-state index contributed by atoms with van der Waals surface area (Å²) in [5.74, 6) is 1.00. The standard InChI is InChI=1S/C26H34N2O3/c1-20-17-22(13-14-25(20)31-3)18-26(30)27-15-9-5-4-6-10-16-28(21(2)29)24-12-8-7-11-23(24)19-27/h7-8,11-14,17H,4-6,9-10,15-16,18-19H2,1-3H3. The highest BCUT2D eigenvalue weighted by atomic mass is 16.5. The van der Waals surface area contributed by atoms with E-state index in [4.69, 9.17) is 4.74 Å². The van der Waals surface area contributed by atoms with Crippen LogP contribution in [0.2, 0.25) is 0 Å². The normalized spacial score (nSPS) is 15.5. The smallest absolute Gasteiger partial charge is 0.227 e. The highest BCUT2D eigenvalue weighted by Gasteiger charge is 2.20. The van der Waals surface area contributed by atoms with Gasteiger partial charge in [0.05, 0.1) is 13.5 Å². The molecule has 2 aromatic rings. The Morgan fingerprint density at radius 1 is 0.968 bits per heavy atom. The lowest BCUT2D eigenvalue weighted by Gasteiger charge is -2.29. The summed E-state index contributed by atoms with van der Waals surface area (Å²) in [6, 6.07) is 13.9. The van der Waals surface area contributed by atoms with Gasteiger partial charge in [-0.05, 0) is 48.6 Å². The Bertz CT molecular complexity index is 909. The fourth-order valence-electron chi connectivity index (χ4n) is 4.29. The second-order valence-electron chi connectivity index (χ2n) is 8.36. The second-order valence-corrected chi connectivity index (χ2v) is 8.36. The molecule has 0 spiro atoms. The molecule has 166 valence electrons. The number of rotatable bonds is 3. The first kappa shape index (κ1) is 22.9. The molecule has 0 aliphatic carbocycles. The van der Waals surface area contributed by atoms with Crippen LogP contribution in [0.5, 0.6) is 5.75 Å². The molecule has 0 atom stereocenters. The highest BCUT2D eigenvalue weighted by molar-refractivity contribution is 5.92. The molecule has 2 amide bonds. The van der Waals surface area contributed by atoms with Gasteiger partial charge in [0.2, 0.25) is 11.8 Å². The van der Waals surface area contributed by atoms with Gasteiger partial charge in [-0.15, -0.1) is 0 Å². The molecule has 1 aliphatic heterocycles. The molecule has 5 heteroatoms. The van der Waals surface area contributed by atoms with E-state index in [1.54, 1.807) is 14.0 Å². The van der Waals surface area contributed by atoms with Gasteiger partial charge in [-0.1, -0.05) is 49.6 Å². The van der Waals surface area contributed by atoms with E-state index >= 15 is 0 Å². The minimum absolute atomic E-state index is 0.0519. The van der Waals surface area contributed by atoms with Crippen LogP contribution in [0.15, 0.2) is 42.5 Å². The molecule has 0 fully saturated rings. The number of ether oxygens (including phenoxy) is 1. The van der Waals surface area contributed by atoms with Crippen LogP contribution in [-0.4, -0.2) is 36.9 Å². The summed E-state index contributed by atoms with van der Waals surface area (Å²) in [5.41, 5.74) is 3.98. The largest absolute Gasteiger partial charge is 0.496 e. The molecule has 1 heterocycles. The lowest BCUT2D eigenvalue weighted by atomic mass is 10.0. The molecule has 0 bridgehead atoms. The van der Waals surface area contributed by atoms with Crippen molar-refractivity contribution in [1.82, 2.24) is 4.90 Å². The van der Waals surface area contributed by atoms with Crippen LogP contribution >= 0.6 is 0 Å². The van der Waals surface area contributed by atoms with Crippen molar-refractivity contribution in [1.29, 1.82) is 0 Å². The van der Waals surface area contributed by atoms with Gasteiger partial charge < -0.3 is 14.5 Å². The van der Waals surface area contributed by atoms with Gasteiger partial charge in [0.15, 0.2) is 0 Å². The number of fused-ring (bicyclic) bond motifs is 1. The zero-order chi connectivity index (χ0) is 22.2. The zero-order valence-corrected chi connectivity index (χ0v) is 19.0. The lowest BCUT2D eigenvalue weighted by Crippen LogP contribution is -2.35. The Morgan fingerprint density at radius 3 is 2.39 bits per heavy atom. The van der Waals surface area contributed by atoms with Crippen LogP contribution in [0, 0.1) is 6.92 Å². The van der Waals surface area contributed by atoms with E-state index in [0.717, 1.165) is 73.3 Å². The number of hydrogen-bond donors (Lipinski definition) is 0. The van der Waals surface area contributed by atoms with Crippen LogP contribution in [0.3, 0.4) is 0 Å². The Morgan fingerprint density at radius 2 is 1.68 bits per heavy atom. The summed E-state index contributed by atoms with van der Waals surface area (Å²) >= 11 is 0. The van der Waals surface area contributed by atoms with E-state index < -0.39 is 0 Å². The molecule has 1 aliphatic rings. The number of benzene rings is 2. The van der Waals surface area contributed by atoms with Gasteiger partial charge in [0.25, 0.3) is 0 Å². The van der Waals surface area contributed by atoms with Gasteiger partial charge >= 0.3 is 0 Å². The third-order valence-electron chi connectivity index (χ3n) is 6.00. The number of anilines is 1. The van der Waals surface area contributed by atoms with Crippen molar-refractivity contribution < 1.29 is 14.3 Å². The van der Waals surface area contributed by atoms with Crippen molar-refractivity contribution >= 4 is 17.5 Å². The number of hydrogen-bond acceptors (Lipinski definition) is 3. The molecular formula is C26H34N2O3. The predicted molar refractivity (Wildman–Crippen MR) is 124 cm³/mol. The molecule has 3 rings (SSSR count). The minimum atomic E-state index is 0.0519. The molecule has 0 aromatic heterocycles. The number of para-hydroxylation sites is 1. The van der Waals surface area contributed by atoms with Crippen molar-refractivity contribution in [2.45, 2.75) is 58.9 Å². The van der Waals surface area contributed by atoms with Crippen LogP contribution in [0.4, 0.5) is 5.69 Å². The van der Waals surface area contributed by atoms with Crippen LogP contribution in [0.1, 0.15) is 55.7 Å². The maximum atomic E-state index is 13.3. The number of carbonyl (C=O) groups is 2. The Kier molecular flexibility index (Phi) is 8.10. The fourth-order valence-corrected chi connectivity index (χ4v) is 4.29. The molecule has 0 radical (unpaired) electrons. The van der Waals surface area contributed by atoms with E-state index in [2.05, 4.69) is 0 Å². The maximum absolute atomic E-state index is 13.3. The zero-order valence-electron chi connectivity index (χ0n) is 19.0. The SMILES string of the molecule is COc1ccc(CC(=O)N2CCCCCCCN(C(C)=O)c3ccccc3C2)cc1C. The summed E-state index contributed by atoms with van der Waals surface area (Å²) < 4.78 is 5.34. The number of aryl methyl sites for hydroxylation is 1. The highest BCUT2D eigenvalue weighted by Crippen LogP contribution is 2.25. The van der Waals surface area contributed by atoms with Crippen molar-refractivity contribution in [2.24, 2.45) is 0 Å². The number of amides is 2. The van der Waals surface area contributed by atoms with Crippen LogP contribution < -0.4 is 9.64 Å². The Balaban J connectivity index is 1.84. The van der Waals surface area contributed by atoms with Gasteiger partial charge in [-0.25, -0.2) is 0 Å². The van der Waals surface area contributed by atoms with E-state index in [9.17, 15) is 9.59 Å². The molecule has 0 N–H and O–H groups in total. The molecule has 2 aromatic carbocycles. The monoisotopic (exact) mass is 422 g/mol. The predicted octanol–water partition coefficient (Wildman–Crippen LogP) is 4.89. The topological polar surface area (TPSA) is 49.9 Å². The third kappa shape index (κ3) is 6.09.